The van der Waals surface area contributed by atoms with Gasteiger partial charge in [0.05, 0.1) is 0 Å². The van der Waals surface area contributed by atoms with Gasteiger partial charge in [-0.1, -0.05) is 13.8 Å². The Morgan fingerprint density at radius 3 is 2.57 bits per heavy atom. The Morgan fingerprint density at radius 1 is 1.38 bits per heavy atom. The van der Waals surface area contributed by atoms with Gasteiger partial charge in [-0.15, -0.1) is 11.3 Å². The molecular weight excluding hydrogens is 298 g/mol. The Hall–Kier alpha value is -2.02. The molecule has 0 fully saturated rings. The highest BCUT2D eigenvalue weighted by Crippen LogP contribution is 2.24. The number of nitrogens with zero attached hydrogens (tertiary/aromatic N) is 1. The predicted molar refractivity (Wildman–Crippen MR) is 77.4 cm³/mol. The van der Waals surface area contributed by atoms with Gasteiger partial charge in [0.1, 0.15) is 23.0 Å². The topological polar surface area (TPSA) is 65.2 Å². The summed E-state index contributed by atoms with van der Waals surface area (Å²) in [5.74, 6) is -3.52. The van der Waals surface area contributed by atoms with E-state index in [1.165, 1.54) is 11.3 Å². The molecule has 0 aliphatic heterocycles. The van der Waals surface area contributed by atoms with Crippen LogP contribution in [0.1, 0.15) is 34.1 Å². The lowest BCUT2D eigenvalue weighted by atomic mass is 10.2. The smallest absolute Gasteiger partial charge is 0.254 e. The molecule has 0 aliphatic rings. The van der Waals surface area contributed by atoms with Crippen molar-refractivity contribution >= 4 is 17.2 Å². The van der Waals surface area contributed by atoms with E-state index < -0.39 is 23.1 Å². The highest BCUT2D eigenvalue weighted by Gasteiger charge is 2.19. The highest BCUT2D eigenvalue weighted by molar-refractivity contribution is 7.11. The number of primary amides is 1. The summed E-state index contributed by atoms with van der Waals surface area (Å²) in [6.07, 6.45) is 1.67. The molecule has 0 atom stereocenters. The fraction of sp³-hybridized carbons (Fsp3) is 0.286. The number of rotatable bonds is 4. The number of carbonyl (C=O) groups is 1. The Labute approximate surface area is 125 Å². The normalized spacial score (nSPS) is 9.76. The maximum Gasteiger partial charge on any atom is 0.254 e. The number of ether oxygens (including phenoxy) is 1. The molecule has 2 N–H and O–H groups in total. The van der Waals surface area contributed by atoms with E-state index in [0.29, 0.717) is 5.01 Å². The van der Waals surface area contributed by atoms with Crippen LogP contribution in [0.4, 0.5) is 8.78 Å². The molecule has 1 aromatic carbocycles. The molecule has 0 unspecified atom stereocenters. The second kappa shape index (κ2) is 7.68. The largest absolute Gasteiger partial charge is 0.483 e. The number of carbonyl (C=O) groups excluding carboxylic acids is 1. The van der Waals surface area contributed by atoms with E-state index in [-0.39, 0.29) is 12.4 Å². The lowest BCUT2D eigenvalue weighted by Crippen LogP contribution is -2.16. The van der Waals surface area contributed by atoms with Gasteiger partial charge in [0.15, 0.2) is 11.6 Å². The summed E-state index contributed by atoms with van der Waals surface area (Å²) in [6.45, 7) is 5.92. The van der Waals surface area contributed by atoms with E-state index in [0.717, 1.165) is 17.0 Å². The molecule has 1 heterocycles. The molecule has 2 aromatic rings. The fourth-order valence-electron chi connectivity index (χ4n) is 1.48. The molecule has 0 bridgehead atoms. The zero-order valence-corrected chi connectivity index (χ0v) is 12.8. The van der Waals surface area contributed by atoms with Crippen LogP contribution in [0, 0.1) is 18.6 Å². The number of benzene rings is 1. The minimum Gasteiger partial charge on any atom is -0.483 e. The first-order valence-electron chi connectivity index (χ1n) is 6.31. The molecule has 0 saturated heterocycles. The predicted octanol–water partition coefficient (Wildman–Crippen LogP) is 3.43. The number of aryl methyl sites for hydroxylation is 1. The van der Waals surface area contributed by atoms with Gasteiger partial charge < -0.3 is 10.5 Å². The van der Waals surface area contributed by atoms with E-state index in [2.05, 4.69) is 4.98 Å². The Bertz CT molecular complexity index is 629. The van der Waals surface area contributed by atoms with Crippen LogP contribution in [0.25, 0.3) is 0 Å². The van der Waals surface area contributed by atoms with Crippen molar-refractivity contribution in [2.45, 2.75) is 27.4 Å². The molecule has 0 radical (unpaired) electrons. The van der Waals surface area contributed by atoms with Crippen molar-refractivity contribution in [3.63, 3.8) is 0 Å². The average molecular weight is 314 g/mol. The molecular formula is C14H16F2N2O2S. The molecule has 0 saturated carbocycles. The zero-order chi connectivity index (χ0) is 16.0. The number of halogens is 2. The number of aromatic nitrogens is 1. The summed E-state index contributed by atoms with van der Waals surface area (Å²) in [4.78, 5) is 16.0. The van der Waals surface area contributed by atoms with Gasteiger partial charge in [-0.2, -0.15) is 0 Å². The number of nitrogens with two attached hydrogens (primary N) is 1. The second-order valence-corrected chi connectivity index (χ2v) is 5.07. The van der Waals surface area contributed by atoms with Gasteiger partial charge in [-0.3, -0.25) is 4.79 Å². The summed E-state index contributed by atoms with van der Waals surface area (Å²) < 4.78 is 32.2. The average Bonchev–Trinajstić information content (AvgIpc) is 2.85. The van der Waals surface area contributed by atoms with Crippen LogP contribution >= 0.6 is 11.3 Å². The van der Waals surface area contributed by atoms with Crippen molar-refractivity contribution in [1.29, 1.82) is 0 Å². The Balaban J connectivity index is 0.00000106. The molecule has 1 aromatic heterocycles. The lowest BCUT2D eigenvalue weighted by molar-refractivity contribution is 0.0991. The first-order chi connectivity index (χ1) is 9.99. The van der Waals surface area contributed by atoms with Gasteiger partial charge in [0, 0.05) is 11.1 Å². The molecule has 7 heteroatoms. The molecule has 1 amide bonds. The molecule has 0 spiro atoms. The summed E-state index contributed by atoms with van der Waals surface area (Å²) in [5, 5.41) is 0.654. The van der Waals surface area contributed by atoms with E-state index in [9.17, 15) is 13.6 Å². The van der Waals surface area contributed by atoms with Gasteiger partial charge >= 0.3 is 0 Å². The van der Waals surface area contributed by atoms with Crippen molar-refractivity contribution < 1.29 is 18.3 Å². The second-order valence-electron chi connectivity index (χ2n) is 3.75. The minimum atomic E-state index is -1.18. The van der Waals surface area contributed by atoms with Crippen molar-refractivity contribution in [2.75, 3.05) is 0 Å². The van der Waals surface area contributed by atoms with E-state index in [4.69, 9.17) is 10.5 Å². The van der Waals surface area contributed by atoms with Crippen LogP contribution < -0.4 is 10.5 Å². The van der Waals surface area contributed by atoms with Crippen LogP contribution in [-0.2, 0) is 6.61 Å². The summed E-state index contributed by atoms with van der Waals surface area (Å²) in [6, 6.07) is 2.04. The maximum atomic E-state index is 13.8. The number of amides is 1. The van der Waals surface area contributed by atoms with Crippen LogP contribution in [-0.4, -0.2) is 10.9 Å². The molecule has 0 aliphatic carbocycles. The molecule has 2 rings (SSSR count). The number of thiazole rings is 1. The Morgan fingerprint density at radius 2 is 2.05 bits per heavy atom. The number of hydrogen-bond donors (Lipinski definition) is 1. The quantitative estimate of drug-likeness (QED) is 0.940. The molecule has 114 valence electrons. The molecule has 21 heavy (non-hydrogen) atoms. The minimum absolute atomic E-state index is 0.0409. The third-order valence-electron chi connectivity index (χ3n) is 2.32. The summed E-state index contributed by atoms with van der Waals surface area (Å²) in [5.41, 5.74) is 4.11. The maximum absolute atomic E-state index is 13.8. The van der Waals surface area contributed by atoms with Crippen LogP contribution in [0.15, 0.2) is 18.3 Å². The number of hydrogen-bond acceptors (Lipinski definition) is 4. The van der Waals surface area contributed by atoms with Crippen molar-refractivity contribution in [3.05, 3.63) is 45.4 Å². The monoisotopic (exact) mass is 314 g/mol. The van der Waals surface area contributed by atoms with Crippen LogP contribution in [0.3, 0.4) is 0 Å². The summed E-state index contributed by atoms with van der Waals surface area (Å²) >= 11 is 1.40. The van der Waals surface area contributed by atoms with Crippen LogP contribution in [0.2, 0.25) is 0 Å². The summed E-state index contributed by atoms with van der Waals surface area (Å²) in [7, 11) is 0. The first kappa shape index (κ1) is 17.0. The van der Waals surface area contributed by atoms with E-state index in [1.54, 1.807) is 6.20 Å². The fourth-order valence-corrected chi connectivity index (χ4v) is 2.18. The lowest BCUT2D eigenvalue weighted by Gasteiger charge is -2.08. The van der Waals surface area contributed by atoms with Gasteiger partial charge in [-0.25, -0.2) is 13.8 Å². The third kappa shape index (κ3) is 4.22. The third-order valence-corrected chi connectivity index (χ3v) is 3.21. The van der Waals surface area contributed by atoms with Crippen molar-refractivity contribution in [3.8, 4) is 5.75 Å². The van der Waals surface area contributed by atoms with Gasteiger partial charge in [-0.05, 0) is 19.1 Å². The zero-order valence-electron chi connectivity index (χ0n) is 11.9. The first-order valence-corrected chi connectivity index (χ1v) is 7.12. The highest BCUT2D eigenvalue weighted by atomic mass is 32.1. The molecule has 4 nitrogen and oxygen atoms in total. The SMILES string of the molecule is CC.Cc1cnc(COc2ccc(F)c(C(N)=O)c2F)s1. The standard InChI is InChI=1S/C12H10F2N2O2S.C2H6/c1-6-4-16-9(19-6)5-18-8-3-2-7(13)10(11(8)14)12(15)17;1-2/h2-4H,5H2,1H3,(H2,15,17);1-2H3. The van der Waals surface area contributed by atoms with Crippen molar-refractivity contribution in [2.24, 2.45) is 5.73 Å². The van der Waals surface area contributed by atoms with Crippen molar-refractivity contribution in [1.82, 2.24) is 4.98 Å². The van der Waals surface area contributed by atoms with Gasteiger partial charge in [0.25, 0.3) is 5.91 Å². The van der Waals surface area contributed by atoms with E-state index in [1.807, 2.05) is 20.8 Å². The van der Waals surface area contributed by atoms with Crippen LogP contribution in [0.5, 0.6) is 5.75 Å². The Kier molecular flexibility index (Phi) is 6.23. The van der Waals surface area contributed by atoms with Gasteiger partial charge in [0.2, 0.25) is 0 Å². The van der Waals surface area contributed by atoms with E-state index >= 15 is 0 Å².